The van der Waals surface area contributed by atoms with Crippen LogP contribution in [-0.4, -0.2) is 15.4 Å². The van der Waals surface area contributed by atoms with Gasteiger partial charge in [-0.1, -0.05) is 12.1 Å². The van der Waals surface area contributed by atoms with Crippen molar-refractivity contribution in [3.63, 3.8) is 0 Å². The fourth-order valence-corrected chi connectivity index (χ4v) is 2.18. The van der Waals surface area contributed by atoms with Gasteiger partial charge in [0.15, 0.2) is 0 Å². The molecule has 1 amide bonds. The second-order valence-corrected chi connectivity index (χ2v) is 5.43. The Balaban J connectivity index is 2.24. The number of rotatable bonds is 4. The first-order valence-corrected chi connectivity index (χ1v) is 7.00. The summed E-state index contributed by atoms with van der Waals surface area (Å²) in [7, 11) is 0. The smallest absolute Gasteiger partial charge is 0.288 e. The van der Waals surface area contributed by atoms with Gasteiger partial charge < -0.3 is 5.32 Å². The number of aromatic nitrogens is 1. The number of nitro groups is 1. The summed E-state index contributed by atoms with van der Waals surface area (Å²) in [5, 5.41) is 13.7. The summed E-state index contributed by atoms with van der Waals surface area (Å²) >= 11 is 0. The molecule has 0 spiro atoms. The lowest BCUT2D eigenvalue weighted by atomic mass is 10.1. The first-order valence-electron chi connectivity index (χ1n) is 7.00. The highest BCUT2D eigenvalue weighted by Crippen LogP contribution is 2.17. The Labute approximate surface area is 132 Å². The van der Waals surface area contributed by atoms with Gasteiger partial charge in [-0.3, -0.25) is 24.3 Å². The molecule has 1 aromatic carbocycles. The van der Waals surface area contributed by atoms with Gasteiger partial charge in [0.1, 0.15) is 6.54 Å². The molecule has 7 heteroatoms. The van der Waals surface area contributed by atoms with Crippen LogP contribution in [0.25, 0.3) is 0 Å². The van der Waals surface area contributed by atoms with Crippen LogP contribution >= 0.6 is 0 Å². The minimum atomic E-state index is -0.576. The number of carbonyl (C=O) groups is 1. The molecule has 0 saturated carbocycles. The van der Waals surface area contributed by atoms with E-state index in [0.29, 0.717) is 5.69 Å². The lowest BCUT2D eigenvalue weighted by Gasteiger charge is -2.10. The van der Waals surface area contributed by atoms with E-state index in [1.54, 1.807) is 0 Å². The van der Waals surface area contributed by atoms with Gasteiger partial charge in [0.25, 0.3) is 11.2 Å². The van der Waals surface area contributed by atoms with E-state index in [9.17, 15) is 19.7 Å². The number of hydrogen-bond acceptors (Lipinski definition) is 4. The topological polar surface area (TPSA) is 94.2 Å². The number of hydrogen-bond donors (Lipinski definition) is 1. The molecule has 1 heterocycles. The minimum absolute atomic E-state index is 0.191. The number of carbonyl (C=O) groups excluding carboxylic acids is 1. The average Bonchev–Trinajstić information content (AvgIpc) is 2.45. The van der Waals surface area contributed by atoms with Crippen LogP contribution in [0.5, 0.6) is 0 Å². The molecular formula is C16H17N3O4. The lowest BCUT2D eigenvalue weighted by Crippen LogP contribution is -2.27. The second-order valence-electron chi connectivity index (χ2n) is 5.43. The number of nitrogens with one attached hydrogen (secondary N) is 1. The van der Waals surface area contributed by atoms with Crippen molar-refractivity contribution < 1.29 is 9.72 Å². The van der Waals surface area contributed by atoms with Crippen molar-refractivity contribution in [2.75, 3.05) is 5.32 Å². The van der Waals surface area contributed by atoms with Crippen molar-refractivity contribution in [3.05, 3.63) is 67.6 Å². The molecule has 23 heavy (non-hydrogen) atoms. The maximum Gasteiger partial charge on any atom is 0.288 e. The molecule has 0 aliphatic heterocycles. The zero-order valence-electron chi connectivity index (χ0n) is 13.1. The SMILES string of the molecule is Cc1ccc(C)c(NC(=O)Cn2cc([N+](=O)[O-])c(C)cc2=O)c1. The van der Waals surface area contributed by atoms with Crippen LogP contribution in [-0.2, 0) is 11.3 Å². The Morgan fingerprint density at radius 2 is 1.91 bits per heavy atom. The molecule has 1 aromatic heterocycles. The summed E-state index contributed by atoms with van der Waals surface area (Å²) in [5.41, 5.74) is 2.17. The third kappa shape index (κ3) is 3.82. The summed E-state index contributed by atoms with van der Waals surface area (Å²) in [4.78, 5) is 34.4. The lowest BCUT2D eigenvalue weighted by molar-refractivity contribution is -0.385. The van der Waals surface area contributed by atoms with E-state index in [1.807, 2.05) is 32.0 Å². The monoisotopic (exact) mass is 315 g/mol. The number of nitrogens with zero attached hydrogens (tertiary/aromatic N) is 2. The van der Waals surface area contributed by atoms with Gasteiger partial charge in [-0.25, -0.2) is 0 Å². The number of aryl methyl sites for hydroxylation is 3. The van der Waals surface area contributed by atoms with Crippen LogP contribution in [0.15, 0.2) is 35.3 Å². The minimum Gasteiger partial charge on any atom is -0.324 e. The third-order valence-electron chi connectivity index (χ3n) is 3.48. The molecule has 0 unspecified atom stereocenters. The van der Waals surface area contributed by atoms with Crippen LogP contribution in [0.3, 0.4) is 0 Å². The summed E-state index contributed by atoms with van der Waals surface area (Å²) in [6.45, 7) is 4.97. The Morgan fingerprint density at radius 1 is 1.22 bits per heavy atom. The van der Waals surface area contributed by atoms with E-state index in [2.05, 4.69) is 5.32 Å². The van der Waals surface area contributed by atoms with Crippen molar-refractivity contribution >= 4 is 17.3 Å². The van der Waals surface area contributed by atoms with Crippen molar-refractivity contribution in [1.29, 1.82) is 0 Å². The Hall–Kier alpha value is -2.96. The molecule has 2 rings (SSSR count). The Kier molecular flexibility index (Phi) is 4.59. The first kappa shape index (κ1) is 16.4. The largest absolute Gasteiger partial charge is 0.324 e. The van der Waals surface area contributed by atoms with Gasteiger partial charge in [0.2, 0.25) is 5.91 Å². The van der Waals surface area contributed by atoms with Crippen molar-refractivity contribution in [1.82, 2.24) is 4.57 Å². The molecule has 0 bridgehead atoms. The summed E-state index contributed by atoms with van der Waals surface area (Å²) < 4.78 is 1.03. The molecule has 0 aliphatic rings. The first-order chi connectivity index (χ1) is 10.8. The predicted octanol–water partition coefficient (Wildman–Crippen LogP) is 2.32. The van der Waals surface area contributed by atoms with Crippen LogP contribution in [0.2, 0.25) is 0 Å². The zero-order chi connectivity index (χ0) is 17.1. The van der Waals surface area contributed by atoms with E-state index in [-0.39, 0.29) is 17.8 Å². The number of amides is 1. The molecule has 2 aromatic rings. The molecule has 1 N–H and O–H groups in total. The summed E-state index contributed by atoms with van der Waals surface area (Å²) in [6, 6.07) is 6.80. The fourth-order valence-electron chi connectivity index (χ4n) is 2.18. The van der Waals surface area contributed by atoms with Gasteiger partial charge in [0.05, 0.1) is 11.1 Å². The van der Waals surface area contributed by atoms with E-state index in [0.717, 1.165) is 28.0 Å². The molecule has 0 aliphatic carbocycles. The van der Waals surface area contributed by atoms with Crippen molar-refractivity contribution in [3.8, 4) is 0 Å². The van der Waals surface area contributed by atoms with Crippen molar-refractivity contribution in [2.24, 2.45) is 0 Å². The molecular weight excluding hydrogens is 298 g/mol. The third-order valence-corrected chi connectivity index (χ3v) is 3.48. The molecule has 0 fully saturated rings. The molecule has 7 nitrogen and oxygen atoms in total. The number of anilines is 1. The summed E-state index contributed by atoms with van der Waals surface area (Å²) in [6.07, 6.45) is 1.10. The van der Waals surface area contributed by atoms with E-state index < -0.39 is 16.4 Å². The quantitative estimate of drug-likeness (QED) is 0.692. The van der Waals surface area contributed by atoms with Gasteiger partial charge in [-0.2, -0.15) is 0 Å². The number of pyridine rings is 1. The molecule has 120 valence electrons. The Morgan fingerprint density at radius 3 is 2.57 bits per heavy atom. The highest BCUT2D eigenvalue weighted by atomic mass is 16.6. The highest BCUT2D eigenvalue weighted by Gasteiger charge is 2.15. The zero-order valence-corrected chi connectivity index (χ0v) is 13.1. The summed E-state index contributed by atoms with van der Waals surface area (Å²) in [5.74, 6) is -0.418. The molecule has 0 atom stereocenters. The Bertz CT molecular complexity index is 840. The normalized spacial score (nSPS) is 10.4. The van der Waals surface area contributed by atoms with Gasteiger partial charge in [-0.15, -0.1) is 0 Å². The standard InChI is InChI=1S/C16H17N3O4/c1-10-4-5-11(2)13(6-10)17-15(20)9-18-8-14(19(22)23)12(3)7-16(18)21/h4-8H,9H2,1-3H3,(H,17,20). The maximum atomic E-state index is 12.1. The fraction of sp³-hybridized carbons (Fsp3) is 0.250. The van der Waals surface area contributed by atoms with Gasteiger partial charge >= 0.3 is 0 Å². The van der Waals surface area contributed by atoms with Gasteiger partial charge in [-0.05, 0) is 38.0 Å². The maximum absolute atomic E-state index is 12.1. The van der Waals surface area contributed by atoms with Crippen LogP contribution in [0, 0.1) is 30.9 Å². The second kappa shape index (κ2) is 6.43. The van der Waals surface area contributed by atoms with E-state index in [4.69, 9.17) is 0 Å². The van der Waals surface area contributed by atoms with Crippen LogP contribution in [0.4, 0.5) is 11.4 Å². The molecule has 0 saturated heterocycles. The van der Waals surface area contributed by atoms with E-state index in [1.165, 1.54) is 6.92 Å². The molecule has 0 radical (unpaired) electrons. The van der Waals surface area contributed by atoms with Crippen molar-refractivity contribution in [2.45, 2.75) is 27.3 Å². The van der Waals surface area contributed by atoms with Gasteiger partial charge in [0, 0.05) is 17.3 Å². The van der Waals surface area contributed by atoms with E-state index >= 15 is 0 Å². The number of benzene rings is 1. The highest BCUT2D eigenvalue weighted by molar-refractivity contribution is 5.91. The predicted molar refractivity (Wildman–Crippen MR) is 86.6 cm³/mol. The van der Waals surface area contributed by atoms with Crippen LogP contribution in [0.1, 0.15) is 16.7 Å². The average molecular weight is 315 g/mol. The van der Waals surface area contributed by atoms with Crippen LogP contribution < -0.4 is 10.9 Å².